The first-order valence-electron chi connectivity index (χ1n) is 12.6. The van der Waals surface area contributed by atoms with Crippen molar-refractivity contribution >= 4 is 56.4 Å². The first kappa shape index (κ1) is 28.0. The largest absolute Gasteiger partial charge is 0.493 e. The minimum absolute atomic E-state index is 0.105. The van der Waals surface area contributed by atoms with E-state index in [9.17, 15) is 4.79 Å². The molecule has 0 aliphatic carbocycles. The summed E-state index contributed by atoms with van der Waals surface area (Å²) in [5, 5.41) is 1.06. The van der Waals surface area contributed by atoms with E-state index < -0.39 is 0 Å². The summed E-state index contributed by atoms with van der Waals surface area (Å²) in [6.45, 7) is 1.26. The van der Waals surface area contributed by atoms with Crippen LogP contribution in [0.4, 0.5) is 0 Å². The van der Waals surface area contributed by atoms with Gasteiger partial charge in [0.05, 0.1) is 30.1 Å². The Morgan fingerprint density at radius 1 is 0.925 bits per heavy atom. The van der Waals surface area contributed by atoms with Crippen LogP contribution < -0.4 is 9.47 Å². The molecule has 0 spiro atoms. The molecule has 1 aliphatic rings. The Labute approximate surface area is 251 Å². The number of methoxy groups -OCH3 is 1. The molecule has 0 bridgehead atoms. The van der Waals surface area contributed by atoms with E-state index >= 15 is 0 Å². The average Bonchev–Trinajstić information content (AvgIpc) is 3.26. The van der Waals surface area contributed by atoms with Gasteiger partial charge in [-0.3, -0.25) is 14.7 Å². The van der Waals surface area contributed by atoms with Crippen LogP contribution in [0.1, 0.15) is 22.3 Å². The molecule has 0 N–H and O–H groups in total. The average molecular weight is 634 g/mol. The number of nitrogens with zero attached hydrogens (tertiary/aromatic N) is 2. The molecule has 40 heavy (non-hydrogen) atoms. The van der Waals surface area contributed by atoms with Crippen molar-refractivity contribution in [2.24, 2.45) is 4.99 Å². The SMILES string of the molecule is COc1cc(/C=C2/SC(=NCc3ccccc3)N(Cc3ccccc3)C2=O)cc(Cl)c1OCc1ccc(Br)cc1. The maximum Gasteiger partial charge on any atom is 0.267 e. The second kappa shape index (κ2) is 13.2. The number of benzene rings is 4. The van der Waals surface area contributed by atoms with Gasteiger partial charge in [-0.2, -0.15) is 0 Å². The Hall–Kier alpha value is -3.52. The highest BCUT2D eigenvalue weighted by atomic mass is 79.9. The minimum Gasteiger partial charge on any atom is -0.493 e. The van der Waals surface area contributed by atoms with Crippen molar-refractivity contribution in [1.82, 2.24) is 4.90 Å². The summed E-state index contributed by atoms with van der Waals surface area (Å²) in [6.07, 6.45) is 1.82. The Kier molecular flexibility index (Phi) is 9.26. The third-order valence-corrected chi connectivity index (χ3v) is 8.01. The summed E-state index contributed by atoms with van der Waals surface area (Å²) in [7, 11) is 1.57. The zero-order valence-corrected chi connectivity index (χ0v) is 24.9. The lowest BCUT2D eigenvalue weighted by molar-refractivity contribution is -0.122. The standard InChI is InChI=1S/C32H26BrClN2O3S/c1-38-28-17-25(16-27(34)30(28)39-21-24-12-14-26(33)15-13-24)18-29-31(37)36(20-23-10-6-3-7-11-23)32(40-29)35-19-22-8-4-2-5-9-22/h2-18H,19-21H2,1H3/b29-18+,35-32?. The first-order chi connectivity index (χ1) is 19.5. The Morgan fingerprint density at radius 2 is 1.60 bits per heavy atom. The molecule has 1 fully saturated rings. The molecule has 0 saturated carbocycles. The third-order valence-electron chi connectivity index (χ3n) is 6.16. The van der Waals surface area contributed by atoms with Gasteiger partial charge in [0.1, 0.15) is 6.61 Å². The summed E-state index contributed by atoms with van der Waals surface area (Å²) in [6, 6.07) is 31.4. The normalized spacial score (nSPS) is 15.2. The van der Waals surface area contributed by atoms with Gasteiger partial charge in [0, 0.05) is 4.47 Å². The van der Waals surface area contributed by atoms with Crippen molar-refractivity contribution in [3.05, 3.63) is 134 Å². The van der Waals surface area contributed by atoms with E-state index in [0.717, 1.165) is 26.7 Å². The van der Waals surface area contributed by atoms with Gasteiger partial charge in [-0.15, -0.1) is 0 Å². The van der Waals surface area contributed by atoms with Crippen LogP contribution in [0.25, 0.3) is 6.08 Å². The fraction of sp³-hybridized carbons (Fsp3) is 0.125. The van der Waals surface area contributed by atoms with Crippen LogP contribution in [0.2, 0.25) is 5.02 Å². The number of amidine groups is 1. The molecule has 202 valence electrons. The molecular weight excluding hydrogens is 608 g/mol. The highest BCUT2D eigenvalue weighted by Crippen LogP contribution is 2.40. The first-order valence-corrected chi connectivity index (χ1v) is 14.6. The number of carbonyl (C=O) groups is 1. The molecule has 1 amide bonds. The Balaban J connectivity index is 1.40. The van der Waals surface area contributed by atoms with Gasteiger partial charge in [-0.05, 0) is 64.4 Å². The highest BCUT2D eigenvalue weighted by molar-refractivity contribution is 9.10. The molecule has 4 aromatic carbocycles. The number of thioether (sulfide) groups is 1. The van der Waals surface area contributed by atoms with Crippen LogP contribution in [-0.4, -0.2) is 23.1 Å². The summed E-state index contributed by atoms with van der Waals surface area (Å²) < 4.78 is 12.6. The highest BCUT2D eigenvalue weighted by Gasteiger charge is 2.33. The van der Waals surface area contributed by atoms with E-state index in [2.05, 4.69) is 15.9 Å². The predicted octanol–water partition coefficient (Wildman–Crippen LogP) is 8.36. The maximum atomic E-state index is 13.6. The van der Waals surface area contributed by atoms with Gasteiger partial charge < -0.3 is 9.47 Å². The second-order valence-electron chi connectivity index (χ2n) is 9.02. The minimum atomic E-state index is -0.105. The molecule has 0 radical (unpaired) electrons. The molecular formula is C32H26BrClN2O3S. The number of hydrogen-bond acceptors (Lipinski definition) is 5. The van der Waals surface area contributed by atoms with E-state index in [1.807, 2.05) is 97.1 Å². The van der Waals surface area contributed by atoms with Gasteiger partial charge in [0.2, 0.25) is 0 Å². The number of amides is 1. The smallest absolute Gasteiger partial charge is 0.267 e. The predicted molar refractivity (Wildman–Crippen MR) is 167 cm³/mol. The van der Waals surface area contributed by atoms with Crippen molar-refractivity contribution < 1.29 is 14.3 Å². The lowest BCUT2D eigenvalue weighted by atomic mass is 10.1. The van der Waals surface area contributed by atoms with Gasteiger partial charge in [0.15, 0.2) is 16.7 Å². The lowest BCUT2D eigenvalue weighted by Gasteiger charge is -2.16. The third kappa shape index (κ3) is 6.97. The molecule has 1 saturated heterocycles. The quantitative estimate of drug-likeness (QED) is 0.174. The van der Waals surface area contributed by atoms with Crippen molar-refractivity contribution in [2.75, 3.05) is 7.11 Å². The van der Waals surface area contributed by atoms with E-state index in [0.29, 0.717) is 46.3 Å². The number of aliphatic imine (C=N–C) groups is 1. The van der Waals surface area contributed by atoms with Crippen LogP contribution in [-0.2, 0) is 24.5 Å². The van der Waals surface area contributed by atoms with Crippen LogP contribution in [0.5, 0.6) is 11.5 Å². The molecule has 8 heteroatoms. The zero-order chi connectivity index (χ0) is 27.9. The van der Waals surface area contributed by atoms with E-state index in [4.69, 9.17) is 26.1 Å². The van der Waals surface area contributed by atoms with Gasteiger partial charge >= 0.3 is 0 Å². The number of rotatable bonds is 9. The molecule has 5 nitrogen and oxygen atoms in total. The molecule has 0 unspecified atom stereocenters. The fourth-order valence-corrected chi connectivity index (χ4v) is 5.64. The molecule has 4 aromatic rings. The molecule has 5 rings (SSSR count). The summed E-state index contributed by atoms with van der Waals surface area (Å²) in [5.41, 5.74) is 3.84. The lowest BCUT2D eigenvalue weighted by Crippen LogP contribution is -2.28. The summed E-state index contributed by atoms with van der Waals surface area (Å²) >= 11 is 11.4. The maximum absolute atomic E-state index is 13.6. The van der Waals surface area contributed by atoms with Crippen molar-refractivity contribution in [1.29, 1.82) is 0 Å². The van der Waals surface area contributed by atoms with Gasteiger partial charge in [-0.1, -0.05) is 100 Å². The zero-order valence-electron chi connectivity index (χ0n) is 21.7. The van der Waals surface area contributed by atoms with E-state index in [1.165, 1.54) is 11.8 Å². The van der Waals surface area contributed by atoms with E-state index in [1.54, 1.807) is 18.1 Å². The van der Waals surface area contributed by atoms with Crippen molar-refractivity contribution in [2.45, 2.75) is 19.7 Å². The number of hydrogen-bond donors (Lipinski definition) is 0. The second-order valence-corrected chi connectivity index (χ2v) is 11.4. The van der Waals surface area contributed by atoms with Crippen LogP contribution in [0, 0.1) is 0 Å². The summed E-state index contributed by atoms with van der Waals surface area (Å²) in [5.74, 6) is 0.841. The molecule has 1 aliphatic heterocycles. The van der Waals surface area contributed by atoms with Crippen LogP contribution >= 0.6 is 39.3 Å². The summed E-state index contributed by atoms with van der Waals surface area (Å²) in [4.78, 5) is 20.7. The molecule has 1 heterocycles. The van der Waals surface area contributed by atoms with Crippen LogP contribution in [0.15, 0.2) is 111 Å². The Bertz CT molecular complexity index is 1540. The molecule has 0 atom stereocenters. The fourth-order valence-electron chi connectivity index (χ4n) is 4.12. The number of halogens is 2. The monoisotopic (exact) mass is 632 g/mol. The van der Waals surface area contributed by atoms with Gasteiger partial charge in [0.25, 0.3) is 5.91 Å². The van der Waals surface area contributed by atoms with Crippen molar-refractivity contribution in [3.63, 3.8) is 0 Å². The van der Waals surface area contributed by atoms with E-state index in [-0.39, 0.29) is 5.91 Å². The van der Waals surface area contributed by atoms with Crippen LogP contribution in [0.3, 0.4) is 0 Å². The number of ether oxygens (including phenoxy) is 2. The van der Waals surface area contributed by atoms with Gasteiger partial charge in [-0.25, -0.2) is 0 Å². The van der Waals surface area contributed by atoms with Crippen molar-refractivity contribution in [3.8, 4) is 11.5 Å². The Morgan fingerprint density at radius 3 is 2.27 bits per heavy atom. The topological polar surface area (TPSA) is 51.1 Å². The number of carbonyl (C=O) groups excluding carboxylic acids is 1. The molecule has 0 aromatic heterocycles.